The van der Waals surface area contributed by atoms with E-state index in [2.05, 4.69) is 15.5 Å². The lowest BCUT2D eigenvalue weighted by atomic mass is 10.2. The van der Waals surface area contributed by atoms with Crippen LogP contribution in [0.5, 0.6) is 0 Å². The van der Waals surface area contributed by atoms with Crippen molar-refractivity contribution in [2.24, 2.45) is 0 Å². The van der Waals surface area contributed by atoms with Crippen LogP contribution in [0, 0.1) is 0 Å². The van der Waals surface area contributed by atoms with Gasteiger partial charge in [0.25, 0.3) is 5.91 Å². The first-order chi connectivity index (χ1) is 11.6. The molecule has 2 rings (SSSR count). The van der Waals surface area contributed by atoms with Gasteiger partial charge >= 0.3 is 0 Å². The number of morpholine rings is 1. The van der Waals surface area contributed by atoms with Gasteiger partial charge in [0, 0.05) is 24.7 Å². The van der Waals surface area contributed by atoms with E-state index >= 15 is 0 Å². The van der Waals surface area contributed by atoms with Gasteiger partial charge < -0.3 is 15.4 Å². The Labute approximate surface area is 151 Å². The summed E-state index contributed by atoms with van der Waals surface area (Å²) < 4.78 is 5.28. The number of nitrogens with one attached hydrogen (secondary N) is 2. The maximum Gasteiger partial charge on any atom is 0.253 e. The van der Waals surface area contributed by atoms with Gasteiger partial charge in [0.2, 0.25) is 5.91 Å². The fourth-order valence-electron chi connectivity index (χ4n) is 2.35. The number of amides is 2. The van der Waals surface area contributed by atoms with Crippen LogP contribution < -0.4 is 10.6 Å². The first-order valence-corrected chi connectivity index (χ1v) is 8.62. The number of halogens is 2. The van der Waals surface area contributed by atoms with Crippen LogP contribution in [-0.2, 0) is 9.53 Å². The predicted octanol–water partition coefficient (Wildman–Crippen LogP) is 1.56. The number of carbonyl (C=O) groups is 2. The zero-order valence-electron chi connectivity index (χ0n) is 13.3. The molecule has 6 nitrogen and oxygen atoms in total. The van der Waals surface area contributed by atoms with Gasteiger partial charge in [-0.3, -0.25) is 14.5 Å². The Morgan fingerprint density at radius 3 is 2.62 bits per heavy atom. The standard InChI is InChI=1S/C16H21Cl2N3O3/c17-12-2-3-13(14(18)10-12)16(23)20-11-15(22)19-4-1-5-21-6-8-24-9-7-21/h2-3,10H,1,4-9,11H2,(H,19,22)(H,20,23). The van der Waals surface area contributed by atoms with Crippen LogP contribution in [-0.4, -0.2) is 62.7 Å². The molecule has 0 aromatic heterocycles. The molecule has 0 spiro atoms. The van der Waals surface area contributed by atoms with E-state index in [4.69, 9.17) is 27.9 Å². The van der Waals surface area contributed by atoms with Crippen molar-refractivity contribution >= 4 is 35.0 Å². The highest BCUT2D eigenvalue weighted by Gasteiger charge is 2.12. The molecule has 0 bridgehead atoms. The van der Waals surface area contributed by atoms with E-state index in [0.29, 0.717) is 17.1 Å². The van der Waals surface area contributed by atoms with Crippen molar-refractivity contribution in [2.45, 2.75) is 6.42 Å². The van der Waals surface area contributed by atoms with Crippen LogP contribution in [0.2, 0.25) is 10.0 Å². The van der Waals surface area contributed by atoms with Gasteiger partial charge in [-0.15, -0.1) is 0 Å². The van der Waals surface area contributed by atoms with Crippen LogP contribution in [0.15, 0.2) is 18.2 Å². The summed E-state index contributed by atoms with van der Waals surface area (Å²) in [6.07, 6.45) is 0.864. The van der Waals surface area contributed by atoms with Crippen molar-refractivity contribution in [1.82, 2.24) is 15.5 Å². The molecule has 1 fully saturated rings. The summed E-state index contributed by atoms with van der Waals surface area (Å²) in [6.45, 7) is 4.83. The van der Waals surface area contributed by atoms with Crippen molar-refractivity contribution in [2.75, 3.05) is 45.9 Å². The fourth-order valence-corrected chi connectivity index (χ4v) is 2.84. The molecule has 0 atom stereocenters. The van der Waals surface area contributed by atoms with Gasteiger partial charge in [-0.05, 0) is 31.2 Å². The van der Waals surface area contributed by atoms with Gasteiger partial charge in [-0.25, -0.2) is 0 Å². The number of hydrogen-bond acceptors (Lipinski definition) is 4. The minimum Gasteiger partial charge on any atom is -0.379 e. The summed E-state index contributed by atoms with van der Waals surface area (Å²) in [6, 6.07) is 4.60. The Kier molecular flexibility index (Phi) is 7.78. The summed E-state index contributed by atoms with van der Waals surface area (Å²) in [5, 5.41) is 6.04. The van der Waals surface area contributed by atoms with E-state index in [0.717, 1.165) is 39.3 Å². The lowest BCUT2D eigenvalue weighted by Gasteiger charge is -2.26. The molecule has 1 heterocycles. The van der Waals surface area contributed by atoms with Crippen LogP contribution in [0.4, 0.5) is 0 Å². The fraction of sp³-hybridized carbons (Fsp3) is 0.500. The van der Waals surface area contributed by atoms with E-state index in [-0.39, 0.29) is 17.5 Å². The monoisotopic (exact) mass is 373 g/mol. The van der Waals surface area contributed by atoms with Gasteiger partial charge in [0.05, 0.1) is 30.3 Å². The Morgan fingerprint density at radius 2 is 1.92 bits per heavy atom. The molecule has 8 heteroatoms. The summed E-state index contributed by atoms with van der Waals surface area (Å²) >= 11 is 11.7. The molecule has 2 amide bonds. The average Bonchev–Trinajstić information content (AvgIpc) is 2.57. The van der Waals surface area contributed by atoms with Crippen LogP contribution >= 0.6 is 23.2 Å². The number of hydrogen-bond donors (Lipinski definition) is 2. The Hall–Kier alpha value is -1.34. The molecule has 0 saturated carbocycles. The third kappa shape index (κ3) is 6.28. The molecular formula is C16H21Cl2N3O3. The lowest BCUT2D eigenvalue weighted by Crippen LogP contribution is -2.40. The molecule has 0 unspecified atom stereocenters. The molecule has 0 radical (unpaired) electrons. The minimum absolute atomic E-state index is 0.0880. The molecule has 0 aliphatic carbocycles. The Bertz CT molecular complexity index is 578. The zero-order valence-corrected chi connectivity index (χ0v) is 14.8. The topological polar surface area (TPSA) is 70.7 Å². The largest absolute Gasteiger partial charge is 0.379 e. The van der Waals surface area contributed by atoms with Crippen molar-refractivity contribution < 1.29 is 14.3 Å². The van der Waals surface area contributed by atoms with Gasteiger partial charge in [0.1, 0.15) is 0 Å². The van der Waals surface area contributed by atoms with Crippen LogP contribution in [0.1, 0.15) is 16.8 Å². The Balaban J connectivity index is 1.62. The van der Waals surface area contributed by atoms with E-state index in [1.54, 1.807) is 6.07 Å². The van der Waals surface area contributed by atoms with Crippen molar-refractivity contribution in [3.05, 3.63) is 33.8 Å². The van der Waals surface area contributed by atoms with Crippen molar-refractivity contribution in [1.29, 1.82) is 0 Å². The number of ether oxygens (including phenoxy) is 1. The quantitative estimate of drug-likeness (QED) is 0.711. The highest BCUT2D eigenvalue weighted by molar-refractivity contribution is 6.36. The summed E-state index contributed by atoms with van der Waals surface area (Å²) in [4.78, 5) is 26.0. The van der Waals surface area contributed by atoms with Crippen molar-refractivity contribution in [3.8, 4) is 0 Å². The normalized spacial score (nSPS) is 15.1. The van der Waals surface area contributed by atoms with Gasteiger partial charge in [0.15, 0.2) is 0 Å². The SMILES string of the molecule is O=C(CNC(=O)c1ccc(Cl)cc1Cl)NCCCN1CCOCC1. The third-order valence-electron chi connectivity index (χ3n) is 3.66. The molecule has 24 heavy (non-hydrogen) atoms. The number of rotatable bonds is 7. The molecule has 1 aliphatic heterocycles. The molecule has 1 aromatic carbocycles. The highest BCUT2D eigenvalue weighted by atomic mass is 35.5. The first-order valence-electron chi connectivity index (χ1n) is 7.86. The number of carbonyl (C=O) groups excluding carboxylic acids is 2. The summed E-state index contributed by atoms with van der Waals surface area (Å²) in [7, 11) is 0. The van der Waals surface area contributed by atoms with Gasteiger partial charge in [-0.1, -0.05) is 23.2 Å². The zero-order chi connectivity index (χ0) is 17.4. The molecule has 1 aliphatic rings. The molecule has 132 valence electrons. The second kappa shape index (κ2) is 9.84. The number of nitrogens with zero attached hydrogens (tertiary/aromatic N) is 1. The molecule has 1 aromatic rings. The highest BCUT2D eigenvalue weighted by Crippen LogP contribution is 2.20. The van der Waals surface area contributed by atoms with E-state index in [9.17, 15) is 9.59 Å². The summed E-state index contributed by atoms with van der Waals surface area (Å²) in [5.74, 6) is -0.629. The minimum atomic E-state index is -0.403. The van der Waals surface area contributed by atoms with Gasteiger partial charge in [-0.2, -0.15) is 0 Å². The maximum atomic E-state index is 12.0. The lowest BCUT2D eigenvalue weighted by molar-refractivity contribution is -0.120. The van der Waals surface area contributed by atoms with E-state index in [1.165, 1.54) is 12.1 Å². The molecule has 1 saturated heterocycles. The van der Waals surface area contributed by atoms with Crippen LogP contribution in [0.25, 0.3) is 0 Å². The summed E-state index contributed by atoms with van der Waals surface area (Å²) in [5.41, 5.74) is 0.293. The van der Waals surface area contributed by atoms with E-state index < -0.39 is 5.91 Å². The second-order valence-electron chi connectivity index (χ2n) is 5.46. The molecule has 2 N–H and O–H groups in total. The molecular weight excluding hydrogens is 353 g/mol. The number of benzene rings is 1. The van der Waals surface area contributed by atoms with Crippen LogP contribution in [0.3, 0.4) is 0 Å². The first kappa shape index (κ1) is 19.0. The maximum absolute atomic E-state index is 12.0. The third-order valence-corrected chi connectivity index (χ3v) is 4.21. The van der Waals surface area contributed by atoms with Crippen molar-refractivity contribution in [3.63, 3.8) is 0 Å². The average molecular weight is 374 g/mol. The van der Waals surface area contributed by atoms with E-state index in [1.807, 2.05) is 0 Å². The smallest absolute Gasteiger partial charge is 0.253 e. The predicted molar refractivity (Wildman–Crippen MR) is 93.7 cm³/mol. The Morgan fingerprint density at radius 1 is 1.17 bits per heavy atom. The second-order valence-corrected chi connectivity index (χ2v) is 6.31.